The number of hydrogen-bond donors (Lipinski definition) is 2. The van der Waals surface area contributed by atoms with Crippen LogP contribution in [0.3, 0.4) is 0 Å². The summed E-state index contributed by atoms with van der Waals surface area (Å²) >= 11 is 5.91. The van der Waals surface area contributed by atoms with Gasteiger partial charge in [0.05, 0.1) is 0 Å². The van der Waals surface area contributed by atoms with Gasteiger partial charge in [0, 0.05) is 36.2 Å². The van der Waals surface area contributed by atoms with Gasteiger partial charge in [-0.1, -0.05) is 11.6 Å². The van der Waals surface area contributed by atoms with Gasteiger partial charge in [-0.3, -0.25) is 14.6 Å². The summed E-state index contributed by atoms with van der Waals surface area (Å²) in [5.41, 5.74) is 2.40. The number of amides is 1. The Kier molecular flexibility index (Phi) is 8.79. The smallest absolute Gasteiger partial charge is 0.483 e. The Morgan fingerprint density at radius 3 is 2.32 bits per heavy atom. The first-order valence-corrected chi connectivity index (χ1v) is 9.86. The number of carboxylic acids is 1. The third-order valence-electron chi connectivity index (χ3n) is 4.21. The fourth-order valence-electron chi connectivity index (χ4n) is 2.61. The minimum atomic E-state index is -5.08. The van der Waals surface area contributed by atoms with Gasteiger partial charge in [0.1, 0.15) is 11.4 Å². The van der Waals surface area contributed by atoms with Crippen LogP contribution in [0.15, 0.2) is 59.8 Å². The summed E-state index contributed by atoms with van der Waals surface area (Å²) < 4.78 is 38.7. The van der Waals surface area contributed by atoms with Crippen molar-refractivity contribution in [3.8, 4) is 16.9 Å². The second-order valence-corrected chi connectivity index (χ2v) is 7.28. The predicted octanol–water partition coefficient (Wildman–Crippen LogP) is 4.06. The number of rotatable bonds is 5. The van der Waals surface area contributed by atoms with Gasteiger partial charge in [-0.25, -0.2) is 4.79 Å². The van der Waals surface area contributed by atoms with Gasteiger partial charge in [0.25, 0.3) is 11.5 Å². The third kappa shape index (κ3) is 7.62. The molecule has 0 aliphatic heterocycles. The Balaban J connectivity index is 0.000000509. The Morgan fingerprint density at radius 2 is 1.76 bits per heavy atom. The van der Waals surface area contributed by atoms with Crippen molar-refractivity contribution in [2.45, 2.75) is 13.1 Å². The van der Waals surface area contributed by atoms with Crippen LogP contribution in [0.2, 0.25) is 5.02 Å². The summed E-state index contributed by atoms with van der Waals surface area (Å²) in [5, 5.41) is 10.3. The number of halogens is 4. The number of alkyl halides is 3. The SMILES string of the molecule is Cc1cc(Cl)ccc1OCC(=O)Nc1cc(-c2ccncc2)cn(C)c1=O.O=C(O)C(F)(F)F. The van der Waals surface area contributed by atoms with E-state index in [-0.39, 0.29) is 17.9 Å². The van der Waals surface area contributed by atoms with Gasteiger partial charge < -0.3 is 19.7 Å². The second kappa shape index (κ2) is 11.3. The summed E-state index contributed by atoms with van der Waals surface area (Å²) in [6.07, 6.45) is -0.0388. The molecule has 0 aliphatic carbocycles. The lowest BCUT2D eigenvalue weighted by Crippen LogP contribution is -2.27. The van der Waals surface area contributed by atoms with E-state index in [1.54, 1.807) is 49.9 Å². The number of aryl methyl sites for hydroxylation is 2. The number of hydrogen-bond acceptors (Lipinski definition) is 5. The maximum Gasteiger partial charge on any atom is 0.490 e. The van der Waals surface area contributed by atoms with E-state index in [0.717, 1.165) is 16.7 Å². The maximum absolute atomic E-state index is 12.3. The summed E-state index contributed by atoms with van der Waals surface area (Å²) in [4.78, 5) is 37.5. The van der Waals surface area contributed by atoms with Crippen LogP contribution in [0.4, 0.5) is 18.9 Å². The van der Waals surface area contributed by atoms with Crippen molar-refractivity contribution in [3.63, 3.8) is 0 Å². The number of carboxylic acid groups (broad SMARTS) is 1. The van der Waals surface area contributed by atoms with E-state index in [1.807, 2.05) is 19.1 Å². The van der Waals surface area contributed by atoms with Crippen molar-refractivity contribution in [1.82, 2.24) is 9.55 Å². The highest BCUT2D eigenvalue weighted by atomic mass is 35.5. The summed E-state index contributed by atoms with van der Waals surface area (Å²) in [6.45, 7) is 1.62. The summed E-state index contributed by atoms with van der Waals surface area (Å²) in [6, 6.07) is 10.4. The first-order chi connectivity index (χ1) is 15.9. The molecule has 2 heterocycles. The fraction of sp³-hybridized carbons (Fsp3) is 0.182. The van der Waals surface area contributed by atoms with Crippen molar-refractivity contribution < 1.29 is 32.6 Å². The van der Waals surface area contributed by atoms with Gasteiger partial charge in [0.15, 0.2) is 6.61 Å². The van der Waals surface area contributed by atoms with Crippen LogP contribution in [0, 0.1) is 6.92 Å². The Hall–Kier alpha value is -3.86. The quantitative estimate of drug-likeness (QED) is 0.550. The van der Waals surface area contributed by atoms with Crippen LogP contribution < -0.4 is 15.6 Å². The van der Waals surface area contributed by atoms with Gasteiger partial charge in [-0.15, -0.1) is 0 Å². The van der Waals surface area contributed by atoms with Crippen molar-refractivity contribution in [2.24, 2.45) is 7.05 Å². The monoisotopic (exact) mass is 497 g/mol. The van der Waals surface area contributed by atoms with Crippen molar-refractivity contribution >= 4 is 29.2 Å². The van der Waals surface area contributed by atoms with Gasteiger partial charge in [-0.2, -0.15) is 13.2 Å². The van der Waals surface area contributed by atoms with Crippen molar-refractivity contribution in [3.05, 3.63) is 75.9 Å². The minimum absolute atomic E-state index is 0.188. The summed E-state index contributed by atoms with van der Waals surface area (Å²) in [7, 11) is 1.64. The van der Waals surface area contributed by atoms with Crippen molar-refractivity contribution in [2.75, 3.05) is 11.9 Å². The molecule has 2 aromatic heterocycles. The minimum Gasteiger partial charge on any atom is -0.483 e. The van der Waals surface area contributed by atoms with Gasteiger partial charge in [-0.05, 0) is 54.4 Å². The molecule has 8 nitrogen and oxygen atoms in total. The number of pyridine rings is 2. The zero-order chi connectivity index (χ0) is 25.5. The van der Waals surface area contributed by atoms with E-state index in [1.165, 1.54) is 4.57 Å². The standard InChI is InChI=1S/C20H18ClN3O3.C2HF3O2/c1-13-9-16(21)3-4-18(13)27-12-19(25)23-17-10-15(11-24(2)20(17)26)14-5-7-22-8-6-14;3-2(4,5)1(6)7/h3-11H,12H2,1-2H3,(H,23,25);(H,6,7). The first kappa shape index (κ1) is 26.4. The lowest BCUT2D eigenvalue weighted by Gasteiger charge is -2.11. The zero-order valence-electron chi connectivity index (χ0n) is 17.9. The fourth-order valence-corrected chi connectivity index (χ4v) is 2.83. The third-order valence-corrected chi connectivity index (χ3v) is 4.44. The van der Waals surface area contributed by atoms with E-state index in [9.17, 15) is 22.8 Å². The zero-order valence-corrected chi connectivity index (χ0v) is 18.6. The predicted molar refractivity (Wildman–Crippen MR) is 119 cm³/mol. The lowest BCUT2D eigenvalue weighted by molar-refractivity contribution is -0.192. The van der Waals surface area contributed by atoms with Crippen LogP contribution in [-0.4, -0.2) is 39.3 Å². The lowest BCUT2D eigenvalue weighted by atomic mass is 10.1. The molecule has 0 atom stereocenters. The molecule has 3 rings (SSSR count). The molecule has 3 aromatic rings. The van der Waals surface area contributed by atoms with Gasteiger partial charge >= 0.3 is 12.1 Å². The molecule has 0 saturated carbocycles. The van der Waals surface area contributed by atoms with E-state index in [0.29, 0.717) is 10.8 Å². The molecule has 0 bridgehead atoms. The molecule has 2 N–H and O–H groups in total. The molecule has 0 aliphatic rings. The number of aromatic nitrogens is 2. The van der Waals surface area contributed by atoms with Crippen LogP contribution in [0.5, 0.6) is 5.75 Å². The highest BCUT2D eigenvalue weighted by Gasteiger charge is 2.38. The molecule has 0 fully saturated rings. The normalized spacial score (nSPS) is 10.6. The van der Waals surface area contributed by atoms with Crippen LogP contribution in [0.1, 0.15) is 5.56 Å². The number of nitrogens with zero attached hydrogens (tertiary/aromatic N) is 2. The number of aliphatic carboxylic acids is 1. The van der Waals surface area contributed by atoms with Crippen LogP contribution in [-0.2, 0) is 16.6 Å². The number of anilines is 1. The van der Waals surface area contributed by atoms with E-state index in [4.69, 9.17) is 26.2 Å². The topological polar surface area (TPSA) is 111 Å². The van der Waals surface area contributed by atoms with Crippen LogP contribution in [0.25, 0.3) is 11.1 Å². The van der Waals surface area contributed by atoms with E-state index in [2.05, 4.69) is 10.3 Å². The molecule has 180 valence electrons. The number of benzene rings is 1. The second-order valence-electron chi connectivity index (χ2n) is 6.84. The van der Waals surface area contributed by atoms with Crippen LogP contribution >= 0.6 is 11.6 Å². The number of carbonyl (C=O) groups excluding carboxylic acids is 1. The van der Waals surface area contributed by atoms with Crippen molar-refractivity contribution in [1.29, 1.82) is 0 Å². The molecule has 0 unspecified atom stereocenters. The van der Waals surface area contributed by atoms with E-state index >= 15 is 0 Å². The molecular weight excluding hydrogens is 479 g/mol. The number of ether oxygens (including phenoxy) is 1. The molecule has 12 heteroatoms. The molecule has 1 amide bonds. The average molecular weight is 498 g/mol. The van der Waals surface area contributed by atoms with E-state index < -0.39 is 18.1 Å². The Morgan fingerprint density at radius 1 is 1.15 bits per heavy atom. The number of carbonyl (C=O) groups is 2. The molecule has 0 saturated heterocycles. The van der Waals surface area contributed by atoms with Gasteiger partial charge in [0.2, 0.25) is 0 Å². The Bertz CT molecular complexity index is 1230. The average Bonchev–Trinajstić information content (AvgIpc) is 2.76. The highest BCUT2D eigenvalue weighted by molar-refractivity contribution is 6.30. The maximum atomic E-state index is 12.3. The summed E-state index contributed by atoms with van der Waals surface area (Å²) in [5.74, 6) is -2.62. The number of nitrogens with one attached hydrogen (secondary N) is 1. The molecule has 1 aromatic carbocycles. The molecule has 0 radical (unpaired) electrons. The largest absolute Gasteiger partial charge is 0.490 e. The molecular formula is C22H19ClF3N3O5. The first-order valence-electron chi connectivity index (χ1n) is 9.48. The Labute approximate surface area is 196 Å². The molecule has 34 heavy (non-hydrogen) atoms. The molecule has 0 spiro atoms. The highest BCUT2D eigenvalue weighted by Crippen LogP contribution is 2.22.